The van der Waals surface area contributed by atoms with Crippen molar-refractivity contribution in [1.82, 2.24) is 9.78 Å². The van der Waals surface area contributed by atoms with E-state index in [0.29, 0.717) is 12.5 Å². The Morgan fingerprint density at radius 2 is 2.24 bits per heavy atom. The van der Waals surface area contributed by atoms with E-state index in [1.165, 1.54) is 12.8 Å². The maximum Gasteiger partial charge on any atom is 0.0728 e. The number of nitrogens with zero attached hydrogens (tertiary/aromatic N) is 2. The molecule has 0 bridgehead atoms. The van der Waals surface area contributed by atoms with Crippen molar-refractivity contribution in [2.75, 3.05) is 6.61 Å². The van der Waals surface area contributed by atoms with Gasteiger partial charge in [-0.1, -0.05) is 18.2 Å². The molecule has 2 unspecified atom stereocenters. The molecule has 2 atom stereocenters. The molecule has 0 radical (unpaired) electrons. The van der Waals surface area contributed by atoms with Gasteiger partial charge in [0.1, 0.15) is 0 Å². The molecule has 2 aromatic rings. The van der Waals surface area contributed by atoms with E-state index in [1.807, 2.05) is 23.9 Å². The minimum Gasteiger partial charge on any atom is -0.393 e. The lowest BCUT2D eigenvalue weighted by atomic mass is 10.00. The Morgan fingerprint density at radius 1 is 1.38 bits per heavy atom. The lowest BCUT2D eigenvalue weighted by Crippen LogP contribution is -2.22. The fourth-order valence-corrected chi connectivity index (χ4v) is 3.18. The average molecular weight is 288 g/mol. The molecule has 4 nitrogen and oxygen atoms in total. The van der Waals surface area contributed by atoms with Crippen LogP contribution in [0.3, 0.4) is 0 Å². The molecule has 0 spiro atoms. The molecular weight excluding hydrogens is 264 g/mol. The normalized spacial score (nSPS) is 20.8. The number of rotatable bonds is 5. The van der Waals surface area contributed by atoms with Crippen LogP contribution in [0, 0.1) is 0 Å². The molecule has 1 aromatic carbocycles. The Balaban J connectivity index is 1.59. The zero-order valence-electron chi connectivity index (χ0n) is 12.7. The minimum atomic E-state index is -0.339. The van der Waals surface area contributed by atoms with E-state index < -0.39 is 0 Å². The lowest BCUT2D eigenvalue weighted by Gasteiger charge is -2.23. The average Bonchev–Trinajstić information content (AvgIpc) is 2.83. The molecule has 1 N–H and O–H groups in total. The van der Waals surface area contributed by atoms with Gasteiger partial charge in [-0.15, -0.1) is 0 Å². The van der Waals surface area contributed by atoms with E-state index in [1.54, 1.807) is 0 Å². The van der Waals surface area contributed by atoms with Crippen LogP contribution >= 0.6 is 0 Å². The van der Waals surface area contributed by atoms with Crippen molar-refractivity contribution >= 4 is 10.9 Å². The fraction of sp³-hybridized carbons (Fsp3) is 0.588. The second kappa shape index (κ2) is 6.58. The largest absolute Gasteiger partial charge is 0.393 e. The first-order valence-corrected chi connectivity index (χ1v) is 7.94. The second-order valence-corrected chi connectivity index (χ2v) is 6.01. The van der Waals surface area contributed by atoms with Crippen LogP contribution in [-0.4, -0.2) is 33.7 Å². The Hall–Kier alpha value is -1.39. The van der Waals surface area contributed by atoms with Gasteiger partial charge in [-0.25, -0.2) is 0 Å². The van der Waals surface area contributed by atoms with Gasteiger partial charge < -0.3 is 9.84 Å². The summed E-state index contributed by atoms with van der Waals surface area (Å²) in [5.41, 5.74) is 2.11. The summed E-state index contributed by atoms with van der Waals surface area (Å²) in [7, 11) is 1.95. The number of hydrogen-bond donors (Lipinski definition) is 1. The highest BCUT2D eigenvalue weighted by Crippen LogP contribution is 2.22. The van der Waals surface area contributed by atoms with Crippen LogP contribution in [0.5, 0.6) is 0 Å². The van der Waals surface area contributed by atoms with Gasteiger partial charge in [0, 0.05) is 25.5 Å². The summed E-state index contributed by atoms with van der Waals surface area (Å²) in [6.07, 6.45) is 5.93. The van der Waals surface area contributed by atoms with Gasteiger partial charge in [-0.2, -0.15) is 5.10 Å². The summed E-state index contributed by atoms with van der Waals surface area (Å²) in [5.74, 6) is 0. The summed E-state index contributed by atoms with van der Waals surface area (Å²) in [4.78, 5) is 0. The number of hydrogen-bond acceptors (Lipinski definition) is 3. The highest BCUT2D eigenvalue weighted by Gasteiger charge is 2.17. The molecule has 2 heterocycles. The molecule has 3 rings (SSSR count). The van der Waals surface area contributed by atoms with Crippen LogP contribution < -0.4 is 0 Å². The molecule has 114 valence electrons. The predicted octanol–water partition coefficient (Wildman–Crippen LogP) is 2.83. The van der Waals surface area contributed by atoms with Crippen molar-refractivity contribution in [2.24, 2.45) is 7.05 Å². The quantitative estimate of drug-likeness (QED) is 0.920. The number of fused-ring (bicyclic) bond motifs is 1. The maximum atomic E-state index is 10.3. The third kappa shape index (κ3) is 3.44. The van der Waals surface area contributed by atoms with Gasteiger partial charge in [0.25, 0.3) is 0 Å². The summed E-state index contributed by atoms with van der Waals surface area (Å²) >= 11 is 0. The Labute approximate surface area is 125 Å². The van der Waals surface area contributed by atoms with Crippen LogP contribution in [0.25, 0.3) is 10.9 Å². The highest BCUT2D eigenvalue weighted by atomic mass is 16.5. The SMILES string of the molecule is Cn1nc(CC(O)CCC2CCCCO2)c2ccccc21. The van der Waals surface area contributed by atoms with Crippen molar-refractivity contribution in [3.63, 3.8) is 0 Å². The first-order valence-electron chi connectivity index (χ1n) is 7.94. The van der Waals surface area contributed by atoms with Crippen LogP contribution in [0.2, 0.25) is 0 Å². The van der Waals surface area contributed by atoms with Gasteiger partial charge in [0.15, 0.2) is 0 Å². The molecule has 21 heavy (non-hydrogen) atoms. The van der Waals surface area contributed by atoms with Gasteiger partial charge in [-0.3, -0.25) is 4.68 Å². The van der Waals surface area contributed by atoms with Gasteiger partial charge in [0.2, 0.25) is 0 Å². The Bertz CT molecular complexity index is 587. The van der Waals surface area contributed by atoms with Crippen molar-refractivity contribution in [3.05, 3.63) is 30.0 Å². The molecule has 0 aliphatic carbocycles. The highest BCUT2D eigenvalue weighted by molar-refractivity contribution is 5.81. The van der Waals surface area contributed by atoms with Crippen LogP contribution in [-0.2, 0) is 18.2 Å². The number of aliphatic hydroxyl groups is 1. The Morgan fingerprint density at radius 3 is 3.05 bits per heavy atom. The van der Waals surface area contributed by atoms with E-state index in [4.69, 9.17) is 4.74 Å². The zero-order chi connectivity index (χ0) is 14.7. The molecule has 0 saturated carbocycles. The second-order valence-electron chi connectivity index (χ2n) is 6.01. The maximum absolute atomic E-state index is 10.3. The molecule has 1 aromatic heterocycles. The van der Waals surface area contributed by atoms with Gasteiger partial charge in [-0.05, 0) is 38.2 Å². The number of aromatic nitrogens is 2. The van der Waals surface area contributed by atoms with Crippen LogP contribution in [0.4, 0.5) is 0 Å². The van der Waals surface area contributed by atoms with E-state index in [-0.39, 0.29) is 6.10 Å². The molecule has 1 aliphatic heterocycles. The minimum absolute atomic E-state index is 0.339. The molecule has 4 heteroatoms. The van der Waals surface area contributed by atoms with E-state index in [0.717, 1.165) is 42.5 Å². The smallest absolute Gasteiger partial charge is 0.0728 e. The third-order valence-corrected chi connectivity index (χ3v) is 4.36. The number of aryl methyl sites for hydroxylation is 1. The van der Waals surface area contributed by atoms with Crippen LogP contribution in [0.1, 0.15) is 37.8 Å². The molecule has 1 aliphatic rings. The number of ether oxygens (including phenoxy) is 1. The fourth-order valence-electron chi connectivity index (χ4n) is 3.18. The monoisotopic (exact) mass is 288 g/mol. The van der Waals surface area contributed by atoms with Gasteiger partial charge >= 0.3 is 0 Å². The third-order valence-electron chi connectivity index (χ3n) is 4.36. The van der Waals surface area contributed by atoms with E-state index in [9.17, 15) is 5.11 Å². The van der Waals surface area contributed by atoms with E-state index in [2.05, 4.69) is 17.2 Å². The summed E-state index contributed by atoms with van der Waals surface area (Å²) in [6, 6.07) is 8.18. The predicted molar refractivity (Wildman–Crippen MR) is 83.2 cm³/mol. The van der Waals surface area contributed by atoms with E-state index >= 15 is 0 Å². The lowest BCUT2D eigenvalue weighted by molar-refractivity contribution is 0.00229. The van der Waals surface area contributed by atoms with Gasteiger partial charge in [0.05, 0.1) is 23.4 Å². The summed E-state index contributed by atoms with van der Waals surface area (Å²) in [6.45, 7) is 0.881. The Kier molecular flexibility index (Phi) is 4.56. The first kappa shape index (κ1) is 14.5. The summed E-state index contributed by atoms with van der Waals surface area (Å²) in [5, 5.41) is 16.0. The standard InChI is InChI=1S/C17H24N2O2/c1-19-17-8-3-2-7-15(17)16(18-19)12-13(20)9-10-14-6-4-5-11-21-14/h2-3,7-8,13-14,20H,4-6,9-12H2,1H3. The molecule has 0 amide bonds. The molecule has 1 saturated heterocycles. The molecular formula is C17H24N2O2. The van der Waals surface area contributed by atoms with Crippen molar-refractivity contribution in [3.8, 4) is 0 Å². The number of benzene rings is 1. The van der Waals surface area contributed by atoms with Crippen molar-refractivity contribution < 1.29 is 9.84 Å². The first-order chi connectivity index (χ1) is 10.2. The summed E-state index contributed by atoms with van der Waals surface area (Å²) < 4.78 is 7.61. The van der Waals surface area contributed by atoms with Crippen molar-refractivity contribution in [1.29, 1.82) is 0 Å². The van der Waals surface area contributed by atoms with Crippen LogP contribution in [0.15, 0.2) is 24.3 Å². The number of para-hydroxylation sites is 1. The number of aliphatic hydroxyl groups excluding tert-OH is 1. The molecule has 1 fully saturated rings. The topological polar surface area (TPSA) is 47.3 Å². The van der Waals surface area contributed by atoms with Crippen molar-refractivity contribution in [2.45, 2.75) is 50.7 Å². The zero-order valence-corrected chi connectivity index (χ0v) is 12.7.